The predicted octanol–water partition coefficient (Wildman–Crippen LogP) is 4.23. The van der Waals surface area contributed by atoms with Gasteiger partial charge in [0.25, 0.3) is 0 Å². The van der Waals surface area contributed by atoms with E-state index in [0.717, 1.165) is 17.6 Å². The molecule has 0 spiro atoms. The topological polar surface area (TPSA) is 54.0 Å². The lowest BCUT2D eigenvalue weighted by molar-refractivity contribution is -0.155. The van der Waals surface area contributed by atoms with Crippen molar-refractivity contribution in [1.82, 2.24) is 0 Å². The number of carbonyl (C=O) groups is 1. The van der Waals surface area contributed by atoms with Crippen molar-refractivity contribution in [3.05, 3.63) is 42.5 Å². The summed E-state index contributed by atoms with van der Waals surface area (Å²) >= 11 is 0. The molecule has 0 aliphatic rings. The second kappa shape index (κ2) is 10.9. The highest BCUT2D eigenvalue weighted by molar-refractivity contribution is 5.83. The molecule has 5 nitrogen and oxygen atoms in total. The summed E-state index contributed by atoms with van der Waals surface area (Å²) in [5.41, 5.74) is -0.436. The number of benzene rings is 2. The van der Waals surface area contributed by atoms with Crippen LogP contribution in [-0.4, -0.2) is 45.6 Å². The van der Waals surface area contributed by atoms with Crippen molar-refractivity contribution in [2.45, 2.75) is 27.2 Å². The molecule has 0 aliphatic heterocycles. The third-order valence-electron chi connectivity index (χ3n) is 4.49. The molecule has 0 saturated heterocycles. The van der Waals surface area contributed by atoms with Gasteiger partial charge < -0.3 is 18.9 Å². The summed E-state index contributed by atoms with van der Waals surface area (Å²) in [6.07, 6.45) is 0.752. The van der Waals surface area contributed by atoms with Crippen molar-refractivity contribution in [2.75, 3.05) is 39.6 Å². The van der Waals surface area contributed by atoms with Crippen molar-refractivity contribution >= 4 is 16.7 Å². The average molecular weight is 374 g/mol. The molecule has 0 N–H and O–H groups in total. The molecule has 2 rings (SSSR count). The quantitative estimate of drug-likeness (QED) is 0.411. The third kappa shape index (κ3) is 7.19. The fourth-order valence-electron chi connectivity index (χ4n) is 2.33. The molecule has 0 unspecified atom stereocenters. The fraction of sp³-hybridized carbons (Fsp3) is 0.500. The maximum Gasteiger partial charge on any atom is 0.311 e. The number of rotatable bonds is 12. The van der Waals surface area contributed by atoms with Crippen molar-refractivity contribution in [2.24, 2.45) is 5.41 Å². The van der Waals surface area contributed by atoms with Crippen LogP contribution >= 0.6 is 0 Å². The van der Waals surface area contributed by atoms with E-state index in [1.807, 2.05) is 51.1 Å². The maximum atomic E-state index is 11.8. The maximum absolute atomic E-state index is 11.8. The summed E-state index contributed by atoms with van der Waals surface area (Å²) in [7, 11) is 0. The van der Waals surface area contributed by atoms with E-state index in [-0.39, 0.29) is 12.6 Å². The van der Waals surface area contributed by atoms with Crippen LogP contribution in [0.25, 0.3) is 10.8 Å². The molecule has 2 aromatic carbocycles. The lowest BCUT2D eigenvalue weighted by Crippen LogP contribution is -2.27. The number of hydrogen-bond acceptors (Lipinski definition) is 5. The third-order valence-corrected chi connectivity index (χ3v) is 4.49. The van der Waals surface area contributed by atoms with Crippen LogP contribution in [0.3, 0.4) is 0 Å². The summed E-state index contributed by atoms with van der Waals surface area (Å²) in [4.78, 5) is 11.8. The molecule has 0 bridgehead atoms. The number of esters is 1. The zero-order valence-corrected chi connectivity index (χ0v) is 16.5. The van der Waals surface area contributed by atoms with Gasteiger partial charge in [-0.3, -0.25) is 4.79 Å². The first-order valence-corrected chi connectivity index (χ1v) is 9.47. The van der Waals surface area contributed by atoms with Crippen molar-refractivity contribution in [3.63, 3.8) is 0 Å². The van der Waals surface area contributed by atoms with Gasteiger partial charge in [-0.05, 0) is 43.2 Å². The molecule has 0 radical (unpaired) electrons. The van der Waals surface area contributed by atoms with Gasteiger partial charge in [-0.15, -0.1) is 0 Å². The Kier molecular flexibility index (Phi) is 8.55. The first-order chi connectivity index (χ1) is 13.0. The minimum atomic E-state index is -0.436. The number of fused-ring (bicyclic) bond motifs is 1. The largest absolute Gasteiger partial charge is 0.491 e. The van der Waals surface area contributed by atoms with Crippen LogP contribution in [0.15, 0.2) is 42.5 Å². The molecule has 27 heavy (non-hydrogen) atoms. The second-order valence-electron chi connectivity index (χ2n) is 6.96. The summed E-state index contributed by atoms with van der Waals surface area (Å²) in [5, 5.41) is 2.36. The van der Waals surface area contributed by atoms with Gasteiger partial charge in [-0.25, -0.2) is 0 Å². The summed E-state index contributed by atoms with van der Waals surface area (Å²) < 4.78 is 21.8. The van der Waals surface area contributed by atoms with Gasteiger partial charge in [0.2, 0.25) is 0 Å². The zero-order chi connectivity index (χ0) is 19.5. The molecule has 0 fully saturated rings. The number of carbonyl (C=O) groups excluding carboxylic acids is 1. The zero-order valence-electron chi connectivity index (χ0n) is 16.5. The average Bonchev–Trinajstić information content (AvgIpc) is 2.69. The van der Waals surface area contributed by atoms with E-state index >= 15 is 0 Å². The highest BCUT2D eigenvalue weighted by Crippen LogP contribution is 2.21. The van der Waals surface area contributed by atoms with Gasteiger partial charge in [-0.1, -0.05) is 37.3 Å². The Morgan fingerprint density at radius 1 is 0.852 bits per heavy atom. The van der Waals surface area contributed by atoms with Crippen LogP contribution in [-0.2, 0) is 19.0 Å². The van der Waals surface area contributed by atoms with Crippen LogP contribution in [0.5, 0.6) is 5.75 Å². The van der Waals surface area contributed by atoms with Gasteiger partial charge in [0, 0.05) is 0 Å². The SMILES string of the molecule is CCC(C)(C)C(=O)OCCOCCOCCOc1ccc2ccccc2c1. The molecule has 0 heterocycles. The molecule has 0 saturated carbocycles. The van der Waals surface area contributed by atoms with E-state index in [4.69, 9.17) is 18.9 Å². The lowest BCUT2D eigenvalue weighted by atomic mass is 9.91. The Bertz CT molecular complexity index is 711. The highest BCUT2D eigenvalue weighted by Gasteiger charge is 2.26. The summed E-state index contributed by atoms with van der Waals surface area (Å²) in [6, 6.07) is 14.2. The Labute approximate surface area is 161 Å². The Morgan fingerprint density at radius 3 is 2.19 bits per heavy atom. The van der Waals surface area contributed by atoms with E-state index < -0.39 is 5.41 Å². The number of hydrogen-bond donors (Lipinski definition) is 0. The van der Waals surface area contributed by atoms with E-state index in [9.17, 15) is 4.79 Å². The Balaban J connectivity index is 1.48. The predicted molar refractivity (Wildman–Crippen MR) is 106 cm³/mol. The summed E-state index contributed by atoms with van der Waals surface area (Å²) in [5.74, 6) is 0.654. The van der Waals surface area contributed by atoms with E-state index in [1.165, 1.54) is 5.39 Å². The smallest absolute Gasteiger partial charge is 0.311 e. The van der Waals surface area contributed by atoms with Gasteiger partial charge in [0.1, 0.15) is 19.0 Å². The molecule has 148 valence electrons. The standard InChI is InChI=1S/C22H30O5/c1-4-22(2,3)21(23)27-16-14-25-12-11-24-13-15-26-20-10-9-18-7-5-6-8-19(18)17-20/h5-10,17H,4,11-16H2,1-3H3. The van der Waals surface area contributed by atoms with Gasteiger partial charge >= 0.3 is 5.97 Å². The minimum absolute atomic E-state index is 0.185. The first kappa shape index (κ1) is 21.2. The van der Waals surface area contributed by atoms with Crippen LogP contribution in [0, 0.1) is 5.41 Å². The van der Waals surface area contributed by atoms with Crippen LogP contribution in [0.1, 0.15) is 27.2 Å². The van der Waals surface area contributed by atoms with Crippen molar-refractivity contribution in [1.29, 1.82) is 0 Å². The molecule has 0 amide bonds. The van der Waals surface area contributed by atoms with Crippen molar-refractivity contribution in [3.8, 4) is 5.75 Å². The van der Waals surface area contributed by atoms with Crippen LogP contribution in [0.4, 0.5) is 0 Å². The molecule has 2 aromatic rings. The normalized spacial score (nSPS) is 11.5. The lowest BCUT2D eigenvalue weighted by Gasteiger charge is -2.20. The number of ether oxygens (including phenoxy) is 4. The molecular formula is C22H30O5. The van der Waals surface area contributed by atoms with Crippen LogP contribution < -0.4 is 4.74 Å². The van der Waals surface area contributed by atoms with E-state index in [2.05, 4.69) is 12.1 Å². The molecular weight excluding hydrogens is 344 g/mol. The highest BCUT2D eigenvalue weighted by atomic mass is 16.6. The van der Waals surface area contributed by atoms with Crippen LogP contribution in [0.2, 0.25) is 0 Å². The van der Waals surface area contributed by atoms with Gasteiger partial charge in [0.05, 0.1) is 31.8 Å². The summed E-state index contributed by atoms with van der Waals surface area (Å²) in [6.45, 7) is 8.31. The minimum Gasteiger partial charge on any atom is -0.491 e. The first-order valence-electron chi connectivity index (χ1n) is 9.47. The Hall–Kier alpha value is -2.11. The molecule has 5 heteroatoms. The second-order valence-corrected chi connectivity index (χ2v) is 6.96. The Morgan fingerprint density at radius 2 is 1.48 bits per heavy atom. The van der Waals surface area contributed by atoms with E-state index in [0.29, 0.717) is 33.0 Å². The molecule has 0 aromatic heterocycles. The fourth-order valence-corrected chi connectivity index (χ4v) is 2.33. The van der Waals surface area contributed by atoms with E-state index in [1.54, 1.807) is 0 Å². The van der Waals surface area contributed by atoms with Gasteiger partial charge in [-0.2, -0.15) is 0 Å². The van der Waals surface area contributed by atoms with Gasteiger partial charge in [0.15, 0.2) is 0 Å². The molecule has 0 aliphatic carbocycles. The van der Waals surface area contributed by atoms with Crippen molar-refractivity contribution < 1.29 is 23.7 Å². The molecule has 0 atom stereocenters. The monoisotopic (exact) mass is 374 g/mol.